The zero-order valence-electron chi connectivity index (χ0n) is 15.6. The third kappa shape index (κ3) is 4.30. The molecule has 1 aliphatic rings. The minimum atomic E-state index is -0.584. The van der Waals surface area contributed by atoms with Crippen molar-refractivity contribution in [3.8, 4) is 0 Å². The van der Waals surface area contributed by atoms with Gasteiger partial charge in [-0.3, -0.25) is 9.59 Å². The largest absolute Gasteiger partial charge is 0.325 e. The Morgan fingerprint density at radius 3 is 2.79 bits per heavy atom. The molecular formula is C22H18FN3O2S. The van der Waals surface area contributed by atoms with E-state index in [0.29, 0.717) is 22.1 Å². The minimum absolute atomic E-state index is 0.0149. The van der Waals surface area contributed by atoms with Crippen LogP contribution in [0.3, 0.4) is 0 Å². The molecule has 5 nitrogen and oxygen atoms in total. The SMILES string of the molecule is Cc1ccc(N=C2NC(=O)[C@H](CC(=O)Nc3cccc4ccccc34)S2)cc1F. The van der Waals surface area contributed by atoms with Gasteiger partial charge < -0.3 is 10.6 Å². The molecule has 1 fully saturated rings. The Bertz CT molecular complexity index is 1140. The number of amidine groups is 1. The van der Waals surface area contributed by atoms with Gasteiger partial charge in [0.1, 0.15) is 11.1 Å². The van der Waals surface area contributed by atoms with Crippen LogP contribution in [-0.2, 0) is 9.59 Å². The average molecular weight is 407 g/mol. The first-order valence-corrected chi connectivity index (χ1v) is 9.97. The summed E-state index contributed by atoms with van der Waals surface area (Å²) in [7, 11) is 0. The summed E-state index contributed by atoms with van der Waals surface area (Å²) in [4.78, 5) is 29.0. The molecule has 29 heavy (non-hydrogen) atoms. The first kappa shape index (κ1) is 19.1. The fourth-order valence-corrected chi connectivity index (χ4v) is 4.05. The molecule has 1 heterocycles. The molecule has 1 atom stereocenters. The molecule has 1 saturated heterocycles. The number of fused-ring (bicyclic) bond motifs is 1. The lowest BCUT2D eigenvalue weighted by Gasteiger charge is -2.10. The number of halogens is 1. The van der Waals surface area contributed by atoms with E-state index in [1.54, 1.807) is 19.1 Å². The standard InChI is InChI=1S/C22H18FN3O2S/c1-13-9-10-15(11-17(13)23)24-22-26-21(28)19(29-22)12-20(27)25-18-8-4-6-14-5-2-3-7-16(14)18/h2-11,19H,12H2,1H3,(H,25,27)(H,24,26,28)/t19-/m0/s1. The Labute approximate surface area is 171 Å². The van der Waals surface area contributed by atoms with Crippen LogP contribution in [0.2, 0.25) is 0 Å². The first-order valence-electron chi connectivity index (χ1n) is 9.09. The molecule has 0 radical (unpaired) electrons. The van der Waals surface area contributed by atoms with E-state index in [-0.39, 0.29) is 24.1 Å². The van der Waals surface area contributed by atoms with E-state index in [1.807, 2.05) is 42.5 Å². The molecule has 146 valence electrons. The van der Waals surface area contributed by atoms with Crippen molar-refractivity contribution < 1.29 is 14.0 Å². The van der Waals surface area contributed by atoms with Crippen molar-refractivity contribution in [2.75, 3.05) is 5.32 Å². The van der Waals surface area contributed by atoms with E-state index >= 15 is 0 Å². The number of aliphatic imine (C=N–C) groups is 1. The maximum absolute atomic E-state index is 13.7. The highest BCUT2D eigenvalue weighted by Crippen LogP contribution is 2.27. The molecule has 3 aromatic carbocycles. The summed E-state index contributed by atoms with van der Waals surface area (Å²) in [6.07, 6.45) is 0.0149. The number of amides is 2. The van der Waals surface area contributed by atoms with Crippen LogP contribution < -0.4 is 10.6 Å². The second kappa shape index (κ2) is 8.05. The summed E-state index contributed by atoms with van der Waals surface area (Å²) < 4.78 is 13.7. The van der Waals surface area contributed by atoms with Crippen molar-refractivity contribution in [2.45, 2.75) is 18.6 Å². The second-order valence-corrected chi connectivity index (χ2v) is 7.92. The van der Waals surface area contributed by atoms with Gasteiger partial charge in [0, 0.05) is 17.5 Å². The Hall–Kier alpha value is -3.19. The van der Waals surface area contributed by atoms with E-state index in [1.165, 1.54) is 17.8 Å². The van der Waals surface area contributed by atoms with Gasteiger partial charge in [0.15, 0.2) is 5.17 Å². The molecular weight excluding hydrogens is 389 g/mol. The van der Waals surface area contributed by atoms with Crippen LogP contribution in [-0.4, -0.2) is 22.2 Å². The van der Waals surface area contributed by atoms with Gasteiger partial charge in [-0.1, -0.05) is 54.2 Å². The van der Waals surface area contributed by atoms with Crippen molar-refractivity contribution in [1.29, 1.82) is 0 Å². The lowest BCUT2D eigenvalue weighted by molar-refractivity contribution is -0.122. The van der Waals surface area contributed by atoms with E-state index in [9.17, 15) is 14.0 Å². The smallest absolute Gasteiger partial charge is 0.240 e. The molecule has 2 amide bonds. The third-order valence-corrected chi connectivity index (χ3v) is 5.68. The van der Waals surface area contributed by atoms with Gasteiger partial charge in [-0.2, -0.15) is 0 Å². The number of carbonyl (C=O) groups excluding carboxylic acids is 2. The van der Waals surface area contributed by atoms with E-state index < -0.39 is 5.25 Å². The minimum Gasteiger partial charge on any atom is -0.325 e. The van der Waals surface area contributed by atoms with Gasteiger partial charge in [0.2, 0.25) is 11.8 Å². The summed E-state index contributed by atoms with van der Waals surface area (Å²) in [5.74, 6) is -0.891. The van der Waals surface area contributed by atoms with Gasteiger partial charge in [-0.15, -0.1) is 0 Å². The number of nitrogens with zero attached hydrogens (tertiary/aromatic N) is 1. The second-order valence-electron chi connectivity index (χ2n) is 6.73. The summed E-state index contributed by atoms with van der Waals surface area (Å²) in [6, 6.07) is 18.1. The summed E-state index contributed by atoms with van der Waals surface area (Å²) in [5, 5.41) is 7.29. The molecule has 3 aromatic rings. The van der Waals surface area contributed by atoms with Crippen LogP contribution >= 0.6 is 11.8 Å². The Balaban J connectivity index is 1.44. The normalized spacial score (nSPS) is 17.5. The maximum atomic E-state index is 13.7. The van der Waals surface area contributed by atoms with Gasteiger partial charge in [0.25, 0.3) is 0 Å². The fourth-order valence-electron chi connectivity index (χ4n) is 3.06. The molecule has 7 heteroatoms. The van der Waals surface area contributed by atoms with E-state index in [2.05, 4.69) is 15.6 Å². The summed E-state index contributed by atoms with van der Waals surface area (Å²) >= 11 is 1.17. The molecule has 1 aliphatic heterocycles. The van der Waals surface area contributed by atoms with Crippen LogP contribution in [0.1, 0.15) is 12.0 Å². The molecule has 0 bridgehead atoms. The Morgan fingerprint density at radius 1 is 1.17 bits per heavy atom. The van der Waals surface area contributed by atoms with Gasteiger partial charge >= 0.3 is 0 Å². The van der Waals surface area contributed by atoms with Crippen LogP contribution in [0.25, 0.3) is 10.8 Å². The van der Waals surface area contributed by atoms with Gasteiger partial charge in [0.05, 0.1) is 5.69 Å². The molecule has 4 rings (SSSR count). The van der Waals surface area contributed by atoms with Crippen LogP contribution in [0.4, 0.5) is 15.8 Å². The Morgan fingerprint density at radius 2 is 1.97 bits per heavy atom. The fraction of sp³-hybridized carbons (Fsp3) is 0.136. The monoisotopic (exact) mass is 407 g/mol. The number of anilines is 1. The topological polar surface area (TPSA) is 70.6 Å². The predicted molar refractivity (Wildman–Crippen MR) is 115 cm³/mol. The number of hydrogen-bond donors (Lipinski definition) is 2. The number of aryl methyl sites for hydroxylation is 1. The lowest BCUT2D eigenvalue weighted by atomic mass is 10.1. The summed E-state index contributed by atoms with van der Waals surface area (Å²) in [6.45, 7) is 1.67. The van der Waals surface area contributed by atoms with E-state index in [0.717, 1.165) is 10.8 Å². The molecule has 0 aliphatic carbocycles. The third-order valence-electron chi connectivity index (χ3n) is 4.60. The van der Waals surface area contributed by atoms with Gasteiger partial charge in [-0.05, 0) is 36.1 Å². The molecule has 0 aromatic heterocycles. The summed E-state index contributed by atoms with van der Waals surface area (Å²) in [5.41, 5.74) is 1.65. The lowest BCUT2D eigenvalue weighted by Crippen LogP contribution is -2.28. The van der Waals surface area contributed by atoms with Gasteiger partial charge in [-0.25, -0.2) is 9.38 Å². The number of rotatable bonds is 4. The van der Waals surface area contributed by atoms with Crippen molar-refractivity contribution in [3.05, 3.63) is 72.0 Å². The number of benzene rings is 3. The van der Waals surface area contributed by atoms with Crippen molar-refractivity contribution in [3.63, 3.8) is 0 Å². The maximum Gasteiger partial charge on any atom is 0.240 e. The number of nitrogens with one attached hydrogen (secondary N) is 2. The zero-order valence-corrected chi connectivity index (χ0v) is 16.4. The van der Waals surface area contributed by atoms with Crippen LogP contribution in [0.5, 0.6) is 0 Å². The van der Waals surface area contributed by atoms with Crippen LogP contribution in [0.15, 0.2) is 65.7 Å². The van der Waals surface area contributed by atoms with E-state index in [4.69, 9.17) is 0 Å². The number of hydrogen-bond acceptors (Lipinski definition) is 4. The molecule has 0 saturated carbocycles. The van der Waals surface area contributed by atoms with Crippen molar-refractivity contribution in [2.24, 2.45) is 4.99 Å². The highest BCUT2D eigenvalue weighted by molar-refractivity contribution is 8.15. The predicted octanol–water partition coefficient (Wildman–Crippen LogP) is 4.54. The average Bonchev–Trinajstić information content (AvgIpc) is 3.03. The molecule has 2 N–H and O–H groups in total. The zero-order chi connectivity index (χ0) is 20.4. The first-order chi connectivity index (χ1) is 14.0. The quantitative estimate of drug-likeness (QED) is 0.667. The van der Waals surface area contributed by atoms with Crippen LogP contribution in [0, 0.1) is 12.7 Å². The number of carbonyl (C=O) groups is 2. The van der Waals surface area contributed by atoms with Crippen molar-refractivity contribution in [1.82, 2.24) is 5.32 Å². The highest BCUT2D eigenvalue weighted by atomic mass is 32.2. The Kier molecular flexibility index (Phi) is 5.31. The van der Waals surface area contributed by atoms with Crippen molar-refractivity contribution >= 4 is 50.9 Å². The number of thioether (sulfide) groups is 1. The highest BCUT2D eigenvalue weighted by Gasteiger charge is 2.32. The molecule has 0 unspecified atom stereocenters. The molecule has 0 spiro atoms.